The summed E-state index contributed by atoms with van der Waals surface area (Å²) in [6.45, 7) is 0.269. The van der Waals surface area contributed by atoms with Gasteiger partial charge in [0, 0.05) is 6.54 Å². The van der Waals surface area contributed by atoms with Crippen molar-refractivity contribution >= 4 is 31.8 Å². The van der Waals surface area contributed by atoms with Gasteiger partial charge in [0.05, 0.1) is 16.0 Å². The predicted octanol–water partition coefficient (Wildman–Crippen LogP) is 1.70. The molecule has 0 unspecified atom stereocenters. The number of fused-ring (bicyclic) bond motifs is 1. The molecule has 3 rings (SSSR count). The van der Waals surface area contributed by atoms with Crippen molar-refractivity contribution in [2.75, 3.05) is 10.8 Å². The SMILES string of the molecule is NS(=O)(=O)c1ccc2c(c1)N(S(=O)(=O)C=Cc1ccccc1)CC2. The lowest BCUT2D eigenvalue weighted by Crippen LogP contribution is -2.27. The number of nitrogens with two attached hydrogens (primary N) is 1. The van der Waals surface area contributed by atoms with Gasteiger partial charge >= 0.3 is 0 Å². The number of anilines is 1. The van der Waals surface area contributed by atoms with Crippen LogP contribution in [0.1, 0.15) is 11.1 Å². The van der Waals surface area contributed by atoms with Gasteiger partial charge in [-0.2, -0.15) is 0 Å². The van der Waals surface area contributed by atoms with Crippen LogP contribution in [0.25, 0.3) is 6.08 Å². The second kappa shape index (κ2) is 6.04. The Morgan fingerprint density at radius 1 is 1.00 bits per heavy atom. The van der Waals surface area contributed by atoms with Crippen molar-refractivity contribution in [2.24, 2.45) is 5.14 Å². The molecule has 0 radical (unpaired) electrons. The molecular formula is C16H16N2O4S2. The van der Waals surface area contributed by atoms with Crippen LogP contribution in [0.3, 0.4) is 0 Å². The lowest BCUT2D eigenvalue weighted by molar-refractivity contribution is 0.596. The third-order valence-corrected chi connectivity index (χ3v) is 6.16. The summed E-state index contributed by atoms with van der Waals surface area (Å²) in [5.41, 5.74) is 1.90. The standard InChI is InChI=1S/C16H16N2O4S2/c17-24(21,22)15-7-6-14-8-10-18(16(14)12-15)23(19,20)11-9-13-4-2-1-3-5-13/h1-7,9,11-12H,8,10H2,(H2,17,21,22). The van der Waals surface area contributed by atoms with Crippen LogP contribution in [0.2, 0.25) is 0 Å². The van der Waals surface area contributed by atoms with Gasteiger partial charge in [0.1, 0.15) is 0 Å². The van der Waals surface area contributed by atoms with Gasteiger partial charge in [-0.3, -0.25) is 4.31 Å². The average Bonchev–Trinajstić information content (AvgIpc) is 2.97. The van der Waals surface area contributed by atoms with Crippen molar-refractivity contribution in [1.29, 1.82) is 0 Å². The van der Waals surface area contributed by atoms with Gasteiger partial charge in [0.25, 0.3) is 10.0 Å². The first-order valence-corrected chi connectivity index (χ1v) is 10.2. The lowest BCUT2D eigenvalue weighted by atomic mass is 10.2. The topological polar surface area (TPSA) is 97.5 Å². The second-order valence-corrected chi connectivity index (χ2v) is 8.72. The Morgan fingerprint density at radius 3 is 2.38 bits per heavy atom. The highest BCUT2D eigenvalue weighted by Crippen LogP contribution is 2.32. The lowest BCUT2D eigenvalue weighted by Gasteiger charge is -2.17. The number of hydrogen-bond donors (Lipinski definition) is 1. The van der Waals surface area contributed by atoms with E-state index in [4.69, 9.17) is 5.14 Å². The van der Waals surface area contributed by atoms with E-state index in [1.54, 1.807) is 18.2 Å². The quantitative estimate of drug-likeness (QED) is 0.893. The fourth-order valence-corrected chi connectivity index (χ4v) is 4.37. The van der Waals surface area contributed by atoms with Crippen molar-refractivity contribution in [2.45, 2.75) is 11.3 Å². The van der Waals surface area contributed by atoms with Crippen molar-refractivity contribution in [1.82, 2.24) is 0 Å². The van der Waals surface area contributed by atoms with Gasteiger partial charge in [0.2, 0.25) is 10.0 Å². The molecule has 0 saturated carbocycles. The molecule has 0 fully saturated rings. The van der Waals surface area contributed by atoms with Crippen LogP contribution in [-0.4, -0.2) is 23.4 Å². The summed E-state index contributed by atoms with van der Waals surface area (Å²) < 4.78 is 49.4. The monoisotopic (exact) mass is 364 g/mol. The zero-order valence-corrected chi connectivity index (χ0v) is 14.3. The minimum absolute atomic E-state index is 0.101. The predicted molar refractivity (Wildman–Crippen MR) is 93.3 cm³/mol. The van der Waals surface area contributed by atoms with Crippen molar-refractivity contribution in [3.8, 4) is 0 Å². The summed E-state index contributed by atoms with van der Waals surface area (Å²) in [6, 6.07) is 13.4. The molecule has 24 heavy (non-hydrogen) atoms. The summed E-state index contributed by atoms with van der Waals surface area (Å²) in [7, 11) is -7.60. The Balaban J connectivity index is 1.96. The van der Waals surface area contributed by atoms with Crippen LogP contribution in [0.15, 0.2) is 58.8 Å². The summed E-state index contributed by atoms with van der Waals surface area (Å²) in [5, 5.41) is 6.26. The molecule has 1 heterocycles. The third kappa shape index (κ3) is 3.35. The van der Waals surface area contributed by atoms with E-state index in [-0.39, 0.29) is 11.4 Å². The van der Waals surface area contributed by atoms with E-state index in [2.05, 4.69) is 0 Å². The Hall–Kier alpha value is -2.16. The van der Waals surface area contributed by atoms with Crippen molar-refractivity contribution < 1.29 is 16.8 Å². The molecule has 8 heteroatoms. The van der Waals surface area contributed by atoms with E-state index >= 15 is 0 Å². The fourth-order valence-electron chi connectivity index (χ4n) is 2.57. The van der Waals surface area contributed by atoms with E-state index in [9.17, 15) is 16.8 Å². The molecule has 0 aromatic heterocycles. The first-order chi connectivity index (χ1) is 11.3. The third-order valence-electron chi connectivity index (χ3n) is 3.78. The fraction of sp³-hybridized carbons (Fsp3) is 0.125. The number of primary sulfonamides is 1. The van der Waals surface area contributed by atoms with Gasteiger partial charge in [0.15, 0.2) is 0 Å². The van der Waals surface area contributed by atoms with Crippen molar-refractivity contribution in [3.63, 3.8) is 0 Å². The molecule has 0 atom stereocenters. The first kappa shape index (κ1) is 16.7. The molecule has 1 aliphatic rings. The molecule has 2 aromatic carbocycles. The van der Waals surface area contributed by atoms with Gasteiger partial charge in [-0.1, -0.05) is 36.4 Å². The Kier molecular flexibility index (Phi) is 4.20. The summed E-state index contributed by atoms with van der Waals surface area (Å²) in [4.78, 5) is -0.101. The molecule has 0 amide bonds. The number of benzene rings is 2. The van der Waals surface area contributed by atoms with Gasteiger partial charge in [-0.05, 0) is 35.8 Å². The van der Waals surface area contributed by atoms with E-state index in [0.717, 1.165) is 16.5 Å². The maximum Gasteiger partial charge on any atom is 0.257 e. The number of sulfonamides is 2. The molecule has 126 valence electrons. The smallest absolute Gasteiger partial charge is 0.257 e. The van der Waals surface area contributed by atoms with E-state index in [1.807, 2.05) is 18.2 Å². The maximum atomic E-state index is 12.6. The van der Waals surface area contributed by atoms with E-state index in [0.29, 0.717) is 12.1 Å². The van der Waals surface area contributed by atoms with E-state index in [1.165, 1.54) is 22.5 Å². The van der Waals surface area contributed by atoms with Crippen LogP contribution in [0.5, 0.6) is 0 Å². The molecule has 0 saturated heterocycles. The molecule has 2 aromatic rings. The van der Waals surface area contributed by atoms with Crippen LogP contribution in [0, 0.1) is 0 Å². The van der Waals surface area contributed by atoms with Gasteiger partial charge in [-0.15, -0.1) is 0 Å². The zero-order chi connectivity index (χ0) is 17.4. The molecule has 1 aliphatic heterocycles. The summed E-state index contributed by atoms with van der Waals surface area (Å²) in [6.07, 6.45) is 2.04. The maximum absolute atomic E-state index is 12.6. The molecule has 2 N–H and O–H groups in total. The molecular weight excluding hydrogens is 348 g/mol. The van der Waals surface area contributed by atoms with Gasteiger partial charge < -0.3 is 0 Å². The number of hydrogen-bond acceptors (Lipinski definition) is 4. The zero-order valence-electron chi connectivity index (χ0n) is 12.7. The highest BCUT2D eigenvalue weighted by atomic mass is 32.2. The number of nitrogens with zero attached hydrogens (tertiary/aromatic N) is 1. The van der Waals surface area contributed by atoms with Crippen LogP contribution in [0.4, 0.5) is 5.69 Å². The Bertz CT molecular complexity index is 998. The Morgan fingerprint density at radius 2 is 1.71 bits per heavy atom. The molecule has 0 spiro atoms. The second-order valence-electron chi connectivity index (χ2n) is 5.42. The average molecular weight is 364 g/mol. The highest BCUT2D eigenvalue weighted by molar-refractivity contribution is 7.95. The Labute approximate surface area is 141 Å². The highest BCUT2D eigenvalue weighted by Gasteiger charge is 2.28. The van der Waals surface area contributed by atoms with Crippen LogP contribution < -0.4 is 9.44 Å². The van der Waals surface area contributed by atoms with Gasteiger partial charge in [-0.25, -0.2) is 22.0 Å². The first-order valence-electron chi connectivity index (χ1n) is 7.19. The molecule has 0 aliphatic carbocycles. The minimum Gasteiger partial charge on any atom is -0.266 e. The van der Waals surface area contributed by atoms with Crippen molar-refractivity contribution in [3.05, 3.63) is 65.1 Å². The normalized spacial score (nSPS) is 15.0. The van der Waals surface area contributed by atoms with Crippen LogP contribution >= 0.6 is 0 Å². The van der Waals surface area contributed by atoms with Crippen LogP contribution in [-0.2, 0) is 26.5 Å². The number of rotatable bonds is 4. The summed E-state index contributed by atoms with van der Waals surface area (Å²) in [5.74, 6) is 0. The largest absolute Gasteiger partial charge is 0.266 e. The van der Waals surface area contributed by atoms with E-state index < -0.39 is 20.0 Å². The minimum atomic E-state index is -3.89. The molecule has 0 bridgehead atoms. The molecule has 6 nitrogen and oxygen atoms in total. The summed E-state index contributed by atoms with van der Waals surface area (Å²) >= 11 is 0.